The van der Waals surface area contributed by atoms with Crippen molar-refractivity contribution in [1.82, 2.24) is 0 Å². The summed E-state index contributed by atoms with van der Waals surface area (Å²) in [5.41, 5.74) is 10.1. The van der Waals surface area contributed by atoms with E-state index in [0.717, 1.165) is 0 Å². The van der Waals surface area contributed by atoms with E-state index in [0.29, 0.717) is 0 Å². The summed E-state index contributed by atoms with van der Waals surface area (Å²) in [6.07, 6.45) is 1.43. The minimum atomic E-state index is -0.243. The number of rotatable bonds is 3. The van der Waals surface area contributed by atoms with Crippen LogP contribution in [0.3, 0.4) is 0 Å². The molecule has 5 heteroatoms. The Morgan fingerprint density at radius 3 is 2.42 bits per heavy atom. The van der Waals surface area contributed by atoms with Gasteiger partial charge < -0.3 is 11.5 Å². The van der Waals surface area contributed by atoms with E-state index in [1.54, 1.807) is 0 Å². The summed E-state index contributed by atoms with van der Waals surface area (Å²) in [6, 6.07) is 2.08. The van der Waals surface area contributed by atoms with E-state index in [-0.39, 0.29) is 17.8 Å². The van der Waals surface area contributed by atoms with Crippen LogP contribution in [0.4, 0.5) is 0 Å². The van der Waals surface area contributed by atoms with Gasteiger partial charge >= 0.3 is 0 Å². The molecule has 0 aliphatic carbocycles. The van der Waals surface area contributed by atoms with Gasteiger partial charge in [0.1, 0.15) is 0 Å². The lowest BCUT2D eigenvalue weighted by Crippen LogP contribution is -2.22. The monoisotopic (exact) mass is 167 g/mol. The molecule has 0 heterocycles. The number of hydrogen-bond acceptors (Lipinski definition) is 3. The molecule has 0 amide bonds. The van der Waals surface area contributed by atoms with Gasteiger partial charge in [0, 0.05) is 6.21 Å². The number of hydrogen-bond donors (Lipinski definition) is 2. The first-order chi connectivity index (χ1) is 5.57. The molecule has 0 bridgehead atoms. The Bertz CT molecular complexity index is 218. The highest BCUT2D eigenvalue weighted by Gasteiger charge is 2.07. The van der Waals surface area contributed by atoms with Crippen molar-refractivity contribution in [3.05, 3.63) is 0 Å². The molecule has 0 radical (unpaired) electrons. The fourth-order valence-electron chi connectivity index (χ4n) is 0.526. The quantitative estimate of drug-likeness (QED) is 0.352. The molecule has 0 saturated carbocycles. The Morgan fingerprint density at radius 2 is 2.08 bits per heavy atom. The van der Waals surface area contributed by atoms with E-state index in [1.807, 2.05) is 13.8 Å². The number of nitrogens with zero attached hydrogens (tertiary/aromatic N) is 3. The van der Waals surface area contributed by atoms with Gasteiger partial charge in [-0.2, -0.15) is 10.4 Å². The second-order valence-corrected chi connectivity index (χ2v) is 2.69. The fraction of sp³-hybridized carbons (Fsp3) is 0.571. The topological polar surface area (TPSA) is 101 Å². The van der Waals surface area contributed by atoms with Crippen molar-refractivity contribution in [3.63, 3.8) is 0 Å². The normalized spacial score (nSPS) is 12.8. The van der Waals surface area contributed by atoms with E-state index in [2.05, 4.69) is 16.3 Å². The summed E-state index contributed by atoms with van der Waals surface area (Å²) in [5, 5.41) is 15.5. The van der Waals surface area contributed by atoms with Gasteiger partial charge in [0.25, 0.3) is 0 Å². The molecule has 1 unspecified atom stereocenters. The van der Waals surface area contributed by atoms with Gasteiger partial charge in [-0.3, -0.25) is 0 Å². The standard InChI is InChI=1S/C7H13N5/c1-5(2)6(3-8)4-11-12-7(9)10/h4-6H,1-2H3,(H4,9,10,12)/b11-4+. The molecule has 0 saturated heterocycles. The highest BCUT2D eigenvalue weighted by atomic mass is 15.3. The molecule has 0 aliphatic heterocycles. The molecule has 0 aromatic carbocycles. The van der Waals surface area contributed by atoms with Crippen LogP contribution in [0.5, 0.6) is 0 Å². The summed E-state index contributed by atoms with van der Waals surface area (Å²) in [6.45, 7) is 3.85. The first-order valence-corrected chi connectivity index (χ1v) is 3.59. The number of guanidine groups is 1. The third-order valence-electron chi connectivity index (χ3n) is 1.27. The summed E-state index contributed by atoms with van der Waals surface area (Å²) in [7, 11) is 0. The SMILES string of the molecule is CC(C)C(C#N)/C=N/N=C(N)N. The van der Waals surface area contributed by atoms with Crippen molar-refractivity contribution in [1.29, 1.82) is 5.26 Å². The Labute approximate surface area is 71.8 Å². The van der Waals surface area contributed by atoms with Crippen LogP contribution >= 0.6 is 0 Å². The van der Waals surface area contributed by atoms with Gasteiger partial charge in [0.15, 0.2) is 0 Å². The highest BCUT2D eigenvalue weighted by molar-refractivity contribution is 5.76. The van der Waals surface area contributed by atoms with Crippen molar-refractivity contribution in [2.75, 3.05) is 0 Å². The minimum absolute atomic E-state index is 0.105. The van der Waals surface area contributed by atoms with Gasteiger partial charge in [-0.25, -0.2) is 0 Å². The van der Waals surface area contributed by atoms with Gasteiger partial charge in [0.05, 0.1) is 12.0 Å². The molecule has 0 spiro atoms. The van der Waals surface area contributed by atoms with Gasteiger partial charge in [-0.05, 0) is 5.92 Å². The molecule has 0 fully saturated rings. The predicted octanol–water partition coefficient (Wildman–Crippen LogP) is 0.0414. The molecular formula is C7H13N5. The van der Waals surface area contributed by atoms with Crippen molar-refractivity contribution in [3.8, 4) is 6.07 Å². The van der Waals surface area contributed by atoms with Gasteiger partial charge in [-0.1, -0.05) is 13.8 Å². The Kier molecular flexibility index (Phi) is 4.46. The lowest BCUT2D eigenvalue weighted by molar-refractivity contribution is 0.593. The maximum atomic E-state index is 8.61. The van der Waals surface area contributed by atoms with Crippen molar-refractivity contribution in [2.45, 2.75) is 13.8 Å². The Hall–Kier alpha value is -1.57. The Morgan fingerprint density at radius 1 is 1.50 bits per heavy atom. The molecule has 66 valence electrons. The molecule has 12 heavy (non-hydrogen) atoms. The second-order valence-electron chi connectivity index (χ2n) is 2.69. The number of nitrogens with two attached hydrogens (primary N) is 2. The van der Waals surface area contributed by atoms with Crippen LogP contribution in [-0.4, -0.2) is 12.2 Å². The molecule has 4 N–H and O–H groups in total. The first kappa shape index (κ1) is 10.4. The van der Waals surface area contributed by atoms with Crippen LogP contribution in [0.2, 0.25) is 0 Å². The minimum Gasteiger partial charge on any atom is -0.369 e. The Balaban J connectivity index is 4.14. The zero-order valence-corrected chi connectivity index (χ0v) is 7.23. The van der Waals surface area contributed by atoms with E-state index < -0.39 is 0 Å². The van der Waals surface area contributed by atoms with E-state index >= 15 is 0 Å². The van der Waals surface area contributed by atoms with Crippen LogP contribution in [-0.2, 0) is 0 Å². The third kappa shape index (κ3) is 4.28. The summed E-state index contributed by atoms with van der Waals surface area (Å²) >= 11 is 0. The molecule has 1 atom stereocenters. The average molecular weight is 167 g/mol. The smallest absolute Gasteiger partial charge is 0.211 e. The molecule has 0 aliphatic rings. The molecule has 5 nitrogen and oxygen atoms in total. The molecular weight excluding hydrogens is 154 g/mol. The van der Waals surface area contributed by atoms with E-state index in [9.17, 15) is 0 Å². The summed E-state index contributed by atoms with van der Waals surface area (Å²) in [5.74, 6) is -0.132. The lowest BCUT2D eigenvalue weighted by Gasteiger charge is -2.04. The lowest BCUT2D eigenvalue weighted by atomic mass is 9.99. The second kappa shape index (κ2) is 5.13. The maximum Gasteiger partial charge on any atom is 0.211 e. The van der Waals surface area contributed by atoms with Crippen LogP contribution in [0.15, 0.2) is 10.2 Å². The van der Waals surface area contributed by atoms with Crippen LogP contribution in [0.1, 0.15) is 13.8 Å². The maximum absolute atomic E-state index is 8.61. The van der Waals surface area contributed by atoms with E-state index in [4.69, 9.17) is 16.7 Å². The van der Waals surface area contributed by atoms with Crippen LogP contribution in [0, 0.1) is 23.2 Å². The van der Waals surface area contributed by atoms with Gasteiger partial charge in [-0.15, -0.1) is 5.10 Å². The molecule has 0 aromatic rings. The van der Waals surface area contributed by atoms with Gasteiger partial charge in [0.2, 0.25) is 5.96 Å². The van der Waals surface area contributed by atoms with E-state index in [1.165, 1.54) is 6.21 Å². The zero-order valence-electron chi connectivity index (χ0n) is 7.23. The van der Waals surface area contributed by atoms with Crippen molar-refractivity contribution in [2.24, 2.45) is 33.5 Å². The average Bonchev–Trinajstić information content (AvgIpc) is 1.96. The molecule has 0 aromatic heterocycles. The highest BCUT2D eigenvalue weighted by Crippen LogP contribution is 2.05. The summed E-state index contributed by atoms with van der Waals surface area (Å²) < 4.78 is 0. The molecule has 0 rings (SSSR count). The van der Waals surface area contributed by atoms with Crippen molar-refractivity contribution < 1.29 is 0 Å². The predicted molar refractivity (Wildman–Crippen MR) is 48.2 cm³/mol. The zero-order chi connectivity index (χ0) is 9.56. The summed E-state index contributed by atoms with van der Waals surface area (Å²) in [4.78, 5) is 0. The first-order valence-electron chi connectivity index (χ1n) is 3.59. The number of nitriles is 1. The van der Waals surface area contributed by atoms with Crippen molar-refractivity contribution >= 4 is 12.2 Å². The fourth-order valence-corrected chi connectivity index (χ4v) is 0.526. The third-order valence-corrected chi connectivity index (χ3v) is 1.27. The van der Waals surface area contributed by atoms with Crippen LogP contribution < -0.4 is 11.5 Å². The van der Waals surface area contributed by atoms with Crippen LogP contribution in [0.25, 0.3) is 0 Å². The largest absolute Gasteiger partial charge is 0.369 e.